The van der Waals surface area contributed by atoms with Gasteiger partial charge in [-0.25, -0.2) is 0 Å². The molecule has 4 heteroatoms. The van der Waals surface area contributed by atoms with Crippen LogP contribution in [-0.4, -0.2) is 29.4 Å². The first-order valence-electron chi connectivity index (χ1n) is 6.80. The lowest BCUT2D eigenvalue weighted by Crippen LogP contribution is -2.50. The van der Waals surface area contributed by atoms with Gasteiger partial charge in [0.05, 0.1) is 5.54 Å². The Kier molecular flexibility index (Phi) is 4.63. The molecule has 0 radical (unpaired) electrons. The smallest absolute Gasteiger partial charge is 0.223 e. The van der Waals surface area contributed by atoms with Crippen LogP contribution < -0.4 is 5.73 Å². The molecule has 3 nitrogen and oxygen atoms in total. The second-order valence-corrected chi connectivity index (χ2v) is 6.39. The molecular formula is C15H21BrN2O. The van der Waals surface area contributed by atoms with E-state index in [4.69, 9.17) is 5.73 Å². The van der Waals surface area contributed by atoms with E-state index in [-0.39, 0.29) is 11.4 Å². The van der Waals surface area contributed by atoms with Crippen LogP contribution in [0.3, 0.4) is 0 Å². The van der Waals surface area contributed by atoms with E-state index in [9.17, 15) is 4.79 Å². The number of amides is 1. The molecular weight excluding hydrogens is 304 g/mol. The van der Waals surface area contributed by atoms with Gasteiger partial charge in [-0.3, -0.25) is 4.79 Å². The zero-order valence-corrected chi connectivity index (χ0v) is 12.9. The first kappa shape index (κ1) is 14.5. The van der Waals surface area contributed by atoms with E-state index in [1.165, 1.54) is 5.56 Å². The summed E-state index contributed by atoms with van der Waals surface area (Å²) in [4.78, 5) is 14.3. The normalized spacial score (nSPS) is 22.8. The summed E-state index contributed by atoms with van der Waals surface area (Å²) in [5.74, 6) is 0.230. The summed E-state index contributed by atoms with van der Waals surface area (Å²) in [5.41, 5.74) is 6.89. The molecule has 1 atom stereocenters. The van der Waals surface area contributed by atoms with Crippen molar-refractivity contribution in [2.75, 3.05) is 13.1 Å². The highest BCUT2D eigenvalue weighted by molar-refractivity contribution is 9.10. The van der Waals surface area contributed by atoms with Gasteiger partial charge < -0.3 is 10.6 Å². The quantitative estimate of drug-likeness (QED) is 0.925. The number of carbonyl (C=O) groups excluding carboxylic acids is 1. The fourth-order valence-electron chi connectivity index (χ4n) is 2.70. The Morgan fingerprint density at radius 3 is 2.74 bits per heavy atom. The summed E-state index contributed by atoms with van der Waals surface area (Å²) >= 11 is 3.41. The third kappa shape index (κ3) is 3.37. The van der Waals surface area contributed by atoms with Crippen LogP contribution in [0.15, 0.2) is 28.7 Å². The maximum Gasteiger partial charge on any atom is 0.223 e. The third-order valence-corrected chi connectivity index (χ3v) is 4.56. The summed E-state index contributed by atoms with van der Waals surface area (Å²) in [7, 11) is 0. The topological polar surface area (TPSA) is 46.3 Å². The maximum absolute atomic E-state index is 12.3. The van der Waals surface area contributed by atoms with Gasteiger partial charge in [0.2, 0.25) is 5.91 Å². The van der Waals surface area contributed by atoms with Crippen LogP contribution in [0, 0.1) is 0 Å². The van der Waals surface area contributed by atoms with E-state index in [1.54, 1.807) is 0 Å². The summed E-state index contributed by atoms with van der Waals surface area (Å²) < 4.78 is 1.07. The van der Waals surface area contributed by atoms with Crippen molar-refractivity contribution in [1.82, 2.24) is 4.90 Å². The van der Waals surface area contributed by atoms with Crippen molar-refractivity contribution in [3.63, 3.8) is 0 Å². The number of halogens is 1. The van der Waals surface area contributed by atoms with Crippen LogP contribution in [0.5, 0.6) is 0 Å². The highest BCUT2D eigenvalue weighted by Gasteiger charge is 2.37. The summed E-state index contributed by atoms with van der Waals surface area (Å²) in [6, 6.07) is 8.15. The molecule has 2 N–H and O–H groups in total. The second-order valence-electron chi connectivity index (χ2n) is 5.48. The molecule has 1 fully saturated rings. The molecule has 0 bridgehead atoms. The minimum atomic E-state index is -0.128. The van der Waals surface area contributed by atoms with Crippen LogP contribution in [-0.2, 0) is 11.2 Å². The molecule has 2 rings (SSSR count). The van der Waals surface area contributed by atoms with Gasteiger partial charge in [-0.15, -0.1) is 0 Å². The number of aryl methyl sites for hydroxylation is 1. The van der Waals surface area contributed by atoms with Crippen molar-refractivity contribution < 1.29 is 4.79 Å². The minimum Gasteiger partial charge on any atom is -0.336 e. The molecule has 0 spiro atoms. The fraction of sp³-hybridized carbons (Fsp3) is 0.533. The van der Waals surface area contributed by atoms with Crippen molar-refractivity contribution in [1.29, 1.82) is 0 Å². The van der Waals surface area contributed by atoms with Crippen molar-refractivity contribution in [3.8, 4) is 0 Å². The molecule has 1 amide bonds. The average molecular weight is 325 g/mol. The van der Waals surface area contributed by atoms with Gasteiger partial charge in [-0.05, 0) is 43.9 Å². The van der Waals surface area contributed by atoms with Crippen LogP contribution >= 0.6 is 15.9 Å². The summed E-state index contributed by atoms with van der Waals surface area (Å²) in [6.45, 7) is 3.50. The van der Waals surface area contributed by atoms with Crippen molar-refractivity contribution in [2.24, 2.45) is 5.73 Å². The van der Waals surface area contributed by atoms with Gasteiger partial charge in [0.25, 0.3) is 0 Å². The molecule has 1 saturated heterocycles. The Bertz CT molecular complexity index is 446. The molecule has 1 unspecified atom stereocenters. The minimum absolute atomic E-state index is 0.128. The van der Waals surface area contributed by atoms with Gasteiger partial charge in [-0.1, -0.05) is 28.1 Å². The highest BCUT2D eigenvalue weighted by Crippen LogP contribution is 2.28. The monoisotopic (exact) mass is 324 g/mol. The Labute approximate surface area is 123 Å². The lowest BCUT2D eigenvalue weighted by atomic mass is 9.98. The van der Waals surface area contributed by atoms with Crippen molar-refractivity contribution in [2.45, 2.75) is 38.1 Å². The van der Waals surface area contributed by atoms with Crippen LogP contribution in [0.4, 0.5) is 0 Å². The molecule has 1 aliphatic heterocycles. The lowest BCUT2D eigenvalue weighted by Gasteiger charge is -2.34. The molecule has 1 aromatic carbocycles. The molecule has 0 aliphatic carbocycles. The predicted molar refractivity (Wildman–Crippen MR) is 80.9 cm³/mol. The number of benzene rings is 1. The van der Waals surface area contributed by atoms with E-state index >= 15 is 0 Å². The van der Waals surface area contributed by atoms with Crippen molar-refractivity contribution >= 4 is 21.8 Å². The Morgan fingerprint density at radius 1 is 1.42 bits per heavy atom. The number of hydrogen-bond donors (Lipinski definition) is 1. The highest BCUT2D eigenvalue weighted by atomic mass is 79.9. The standard InChI is InChI=1S/C15H21BrN2O/c1-15(11-17)9-2-10-18(15)14(19)8-5-12-3-6-13(16)7-4-12/h3-4,6-7H,2,5,8-11,17H2,1H3. The molecule has 1 aromatic rings. The number of nitrogens with zero attached hydrogens (tertiary/aromatic N) is 1. The van der Waals surface area contributed by atoms with Crippen molar-refractivity contribution in [3.05, 3.63) is 34.3 Å². The molecule has 0 aromatic heterocycles. The number of carbonyl (C=O) groups is 1. The van der Waals surface area contributed by atoms with Gasteiger partial charge in [0.15, 0.2) is 0 Å². The third-order valence-electron chi connectivity index (χ3n) is 4.03. The van der Waals surface area contributed by atoms with E-state index in [1.807, 2.05) is 17.0 Å². The Balaban J connectivity index is 1.92. The molecule has 1 aliphatic rings. The number of hydrogen-bond acceptors (Lipinski definition) is 2. The number of likely N-dealkylation sites (tertiary alicyclic amines) is 1. The Hall–Kier alpha value is -0.870. The second kappa shape index (κ2) is 6.06. The SMILES string of the molecule is CC1(CN)CCCN1C(=O)CCc1ccc(Br)cc1. The first-order valence-corrected chi connectivity index (χ1v) is 7.59. The first-order chi connectivity index (χ1) is 9.05. The van der Waals surface area contributed by atoms with E-state index < -0.39 is 0 Å². The van der Waals surface area contributed by atoms with Crippen LogP contribution in [0.2, 0.25) is 0 Å². The molecule has 104 valence electrons. The summed E-state index contributed by atoms with van der Waals surface area (Å²) in [6.07, 6.45) is 3.45. The number of nitrogens with two attached hydrogens (primary N) is 1. The maximum atomic E-state index is 12.3. The van der Waals surface area contributed by atoms with Gasteiger partial charge in [-0.2, -0.15) is 0 Å². The number of rotatable bonds is 4. The predicted octanol–water partition coefficient (Wildman–Crippen LogP) is 2.72. The largest absolute Gasteiger partial charge is 0.336 e. The van der Waals surface area contributed by atoms with Gasteiger partial charge in [0, 0.05) is 24.0 Å². The zero-order valence-electron chi connectivity index (χ0n) is 11.4. The van der Waals surface area contributed by atoms with Gasteiger partial charge >= 0.3 is 0 Å². The summed E-state index contributed by atoms with van der Waals surface area (Å²) in [5, 5.41) is 0. The molecule has 19 heavy (non-hydrogen) atoms. The zero-order chi connectivity index (χ0) is 13.9. The molecule has 1 heterocycles. The van der Waals surface area contributed by atoms with E-state index in [2.05, 4.69) is 35.0 Å². The van der Waals surface area contributed by atoms with Gasteiger partial charge in [0.1, 0.15) is 0 Å². The fourth-order valence-corrected chi connectivity index (χ4v) is 2.96. The van der Waals surface area contributed by atoms with E-state index in [0.29, 0.717) is 13.0 Å². The van der Waals surface area contributed by atoms with E-state index in [0.717, 1.165) is 30.3 Å². The molecule has 0 saturated carbocycles. The van der Waals surface area contributed by atoms with Crippen LogP contribution in [0.1, 0.15) is 31.7 Å². The average Bonchev–Trinajstić information content (AvgIpc) is 2.81. The Morgan fingerprint density at radius 2 is 2.11 bits per heavy atom. The van der Waals surface area contributed by atoms with Crippen LogP contribution in [0.25, 0.3) is 0 Å². The lowest BCUT2D eigenvalue weighted by molar-refractivity contribution is -0.134.